The highest BCUT2D eigenvalue weighted by Crippen LogP contribution is 2.20. The molecule has 2 aromatic rings. The van der Waals surface area contributed by atoms with Crippen molar-refractivity contribution in [3.63, 3.8) is 0 Å². The molecule has 1 aliphatic heterocycles. The summed E-state index contributed by atoms with van der Waals surface area (Å²) in [6, 6.07) is 8.60. The van der Waals surface area contributed by atoms with Crippen LogP contribution in [-0.2, 0) is 11.3 Å². The Morgan fingerprint density at radius 1 is 1.29 bits per heavy atom. The first kappa shape index (κ1) is 18.3. The second-order valence-corrected chi connectivity index (χ2v) is 5.16. The molecule has 1 aromatic heterocycles. The van der Waals surface area contributed by atoms with Crippen LogP contribution >= 0.6 is 24.8 Å². The van der Waals surface area contributed by atoms with E-state index in [0.29, 0.717) is 12.6 Å². The van der Waals surface area contributed by atoms with E-state index in [1.54, 1.807) is 0 Å². The van der Waals surface area contributed by atoms with Crippen LogP contribution in [0.4, 0.5) is 0 Å². The number of hydrogen-bond acceptors (Lipinski definition) is 3. The molecule has 1 aliphatic rings. The molecule has 6 heteroatoms. The Balaban J connectivity index is 0.00000110. The van der Waals surface area contributed by atoms with Crippen molar-refractivity contribution in [2.45, 2.75) is 19.1 Å². The van der Waals surface area contributed by atoms with Crippen molar-refractivity contribution in [1.29, 1.82) is 0 Å². The Kier molecular flexibility index (Phi) is 7.49. The van der Waals surface area contributed by atoms with Gasteiger partial charge < -0.3 is 15.5 Å². The van der Waals surface area contributed by atoms with Gasteiger partial charge in [-0.3, -0.25) is 4.90 Å². The number of nitrogens with two attached hydrogens (primary N) is 1. The fourth-order valence-corrected chi connectivity index (χ4v) is 2.81. The smallest absolute Gasteiger partial charge is 0.0714 e. The number of aromatic amines is 1. The molecule has 0 amide bonds. The number of nitrogens with zero attached hydrogens (tertiary/aromatic N) is 1. The highest BCUT2D eigenvalue weighted by Gasteiger charge is 2.20. The molecule has 0 bridgehead atoms. The molecule has 4 nitrogen and oxygen atoms in total. The molecule has 0 saturated carbocycles. The van der Waals surface area contributed by atoms with Gasteiger partial charge in [0.2, 0.25) is 0 Å². The van der Waals surface area contributed by atoms with Gasteiger partial charge in [0, 0.05) is 36.7 Å². The summed E-state index contributed by atoms with van der Waals surface area (Å²) >= 11 is 0. The van der Waals surface area contributed by atoms with E-state index in [9.17, 15) is 0 Å². The van der Waals surface area contributed by atoms with Crippen LogP contribution < -0.4 is 5.73 Å². The minimum atomic E-state index is 0. The van der Waals surface area contributed by atoms with Crippen molar-refractivity contribution >= 4 is 35.7 Å². The number of nitrogens with one attached hydrogen (secondary N) is 1. The summed E-state index contributed by atoms with van der Waals surface area (Å²) in [5.74, 6) is 0. The molecule has 0 radical (unpaired) electrons. The lowest BCUT2D eigenvalue weighted by atomic mass is 10.1. The predicted octanol–water partition coefficient (Wildman–Crippen LogP) is 2.56. The van der Waals surface area contributed by atoms with Crippen molar-refractivity contribution in [2.24, 2.45) is 5.73 Å². The summed E-state index contributed by atoms with van der Waals surface area (Å²) in [4.78, 5) is 5.73. The van der Waals surface area contributed by atoms with Gasteiger partial charge in [0.15, 0.2) is 0 Å². The predicted molar refractivity (Wildman–Crippen MR) is 91.5 cm³/mol. The Labute approximate surface area is 137 Å². The average Bonchev–Trinajstić information content (AvgIpc) is 2.89. The minimum absolute atomic E-state index is 0. The molecule has 1 fully saturated rings. The standard InChI is InChI=1S/C15H21N3O.2ClH/c16-6-4-13-11-18(8-9-19-13)10-12-2-1-3-15-14(12)5-7-17-15;;/h1-3,5,7,13,17H,4,6,8-11,16H2;2*1H. The minimum Gasteiger partial charge on any atom is -0.376 e. The summed E-state index contributed by atoms with van der Waals surface area (Å²) in [6.07, 6.45) is 3.25. The van der Waals surface area contributed by atoms with Crippen molar-refractivity contribution < 1.29 is 4.74 Å². The van der Waals surface area contributed by atoms with Crippen LogP contribution in [-0.4, -0.2) is 42.2 Å². The fraction of sp³-hybridized carbons (Fsp3) is 0.467. The lowest BCUT2D eigenvalue weighted by Crippen LogP contribution is -2.42. The molecule has 0 spiro atoms. The third kappa shape index (κ3) is 4.34. The number of ether oxygens (including phenoxy) is 1. The van der Waals surface area contributed by atoms with Gasteiger partial charge in [-0.15, -0.1) is 24.8 Å². The van der Waals surface area contributed by atoms with Gasteiger partial charge in [0.25, 0.3) is 0 Å². The Morgan fingerprint density at radius 3 is 2.95 bits per heavy atom. The van der Waals surface area contributed by atoms with Gasteiger partial charge in [0.05, 0.1) is 12.7 Å². The molecule has 118 valence electrons. The SMILES string of the molecule is Cl.Cl.NCCC1CN(Cc2cccc3[nH]ccc23)CCO1. The highest BCUT2D eigenvalue weighted by atomic mass is 35.5. The van der Waals surface area contributed by atoms with Crippen LogP contribution in [0.5, 0.6) is 0 Å². The summed E-state index contributed by atoms with van der Waals surface area (Å²) in [7, 11) is 0. The van der Waals surface area contributed by atoms with Gasteiger partial charge in [-0.25, -0.2) is 0 Å². The van der Waals surface area contributed by atoms with E-state index in [1.165, 1.54) is 16.5 Å². The van der Waals surface area contributed by atoms with E-state index in [2.05, 4.69) is 34.1 Å². The third-order valence-corrected chi connectivity index (χ3v) is 3.79. The highest BCUT2D eigenvalue weighted by molar-refractivity contribution is 5.85. The van der Waals surface area contributed by atoms with E-state index in [-0.39, 0.29) is 24.8 Å². The van der Waals surface area contributed by atoms with Crippen LogP contribution in [0.1, 0.15) is 12.0 Å². The van der Waals surface area contributed by atoms with Gasteiger partial charge in [0.1, 0.15) is 0 Å². The lowest BCUT2D eigenvalue weighted by Gasteiger charge is -2.33. The second kappa shape index (κ2) is 8.61. The first-order valence-corrected chi connectivity index (χ1v) is 6.96. The van der Waals surface area contributed by atoms with Gasteiger partial charge in [-0.05, 0) is 30.7 Å². The lowest BCUT2D eigenvalue weighted by molar-refractivity contribution is -0.0334. The van der Waals surface area contributed by atoms with E-state index in [0.717, 1.165) is 32.7 Å². The number of halogens is 2. The van der Waals surface area contributed by atoms with Crippen LogP contribution in [0.2, 0.25) is 0 Å². The number of benzene rings is 1. The maximum Gasteiger partial charge on any atom is 0.0714 e. The number of rotatable bonds is 4. The van der Waals surface area contributed by atoms with Crippen molar-refractivity contribution in [3.05, 3.63) is 36.0 Å². The Morgan fingerprint density at radius 2 is 2.14 bits per heavy atom. The number of fused-ring (bicyclic) bond motifs is 1. The zero-order valence-electron chi connectivity index (χ0n) is 12.0. The molecule has 3 rings (SSSR count). The molecule has 21 heavy (non-hydrogen) atoms. The fourth-order valence-electron chi connectivity index (χ4n) is 2.81. The molecule has 1 aromatic carbocycles. The van der Waals surface area contributed by atoms with E-state index < -0.39 is 0 Å². The maximum atomic E-state index is 5.73. The van der Waals surface area contributed by atoms with Crippen molar-refractivity contribution in [1.82, 2.24) is 9.88 Å². The first-order valence-electron chi connectivity index (χ1n) is 6.96. The molecular formula is C15H23Cl2N3O. The average molecular weight is 332 g/mol. The summed E-state index contributed by atoms with van der Waals surface area (Å²) < 4.78 is 5.73. The number of aromatic nitrogens is 1. The monoisotopic (exact) mass is 331 g/mol. The van der Waals surface area contributed by atoms with Crippen molar-refractivity contribution in [2.75, 3.05) is 26.2 Å². The van der Waals surface area contributed by atoms with Gasteiger partial charge in [-0.1, -0.05) is 12.1 Å². The summed E-state index contributed by atoms with van der Waals surface area (Å²) in [5.41, 5.74) is 8.21. The number of hydrogen-bond donors (Lipinski definition) is 2. The van der Waals surface area contributed by atoms with Crippen molar-refractivity contribution in [3.8, 4) is 0 Å². The first-order chi connectivity index (χ1) is 9.36. The molecule has 3 N–H and O–H groups in total. The Hall–Kier alpha value is -0.780. The topological polar surface area (TPSA) is 54.3 Å². The molecule has 1 atom stereocenters. The van der Waals surface area contributed by atoms with Gasteiger partial charge in [-0.2, -0.15) is 0 Å². The second-order valence-electron chi connectivity index (χ2n) is 5.16. The number of H-pyrrole nitrogens is 1. The molecule has 2 heterocycles. The van der Waals surface area contributed by atoms with Crippen LogP contribution in [0, 0.1) is 0 Å². The van der Waals surface area contributed by atoms with Crippen LogP contribution in [0.15, 0.2) is 30.5 Å². The zero-order chi connectivity index (χ0) is 13.1. The zero-order valence-corrected chi connectivity index (χ0v) is 13.6. The number of morpholine rings is 1. The van der Waals surface area contributed by atoms with E-state index in [1.807, 2.05) is 6.20 Å². The van der Waals surface area contributed by atoms with Crippen LogP contribution in [0.25, 0.3) is 10.9 Å². The molecular weight excluding hydrogens is 309 g/mol. The summed E-state index contributed by atoms with van der Waals surface area (Å²) in [6.45, 7) is 4.49. The van der Waals surface area contributed by atoms with Gasteiger partial charge >= 0.3 is 0 Å². The Bertz CT molecular complexity index is 544. The largest absolute Gasteiger partial charge is 0.376 e. The van der Waals surface area contributed by atoms with Crippen LogP contribution in [0.3, 0.4) is 0 Å². The third-order valence-electron chi connectivity index (χ3n) is 3.79. The molecule has 1 unspecified atom stereocenters. The van der Waals surface area contributed by atoms with E-state index >= 15 is 0 Å². The summed E-state index contributed by atoms with van der Waals surface area (Å²) in [5, 5.41) is 1.32. The molecule has 1 saturated heterocycles. The normalized spacial score (nSPS) is 19.0. The quantitative estimate of drug-likeness (QED) is 0.905. The molecule has 0 aliphatic carbocycles. The maximum absolute atomic E-state index is 5.73. The van der Waals surface area contributed by atoms with E-state index in [4.69, 9.17) is 10.5 Å².